The van der Waals surface area contributed by atoms with Crippen LogP contribution in [0.3, 0.4) is 0 Å². The number of nitrogens with zero attached hydrogens (tertiary/aromatic N) is 1. The molecule has 1 aromatic heterocycles. The van der Waals surface area contributed by atoms with Crippen LogP contribution in [-0.2, 0) is 9.53 Å². The number of carbonyl (C=O) groups is 2. The van der Waals surface area contributed by atoms with Gasteiger partial charge in [0, 0.05) is 31.4 Å². The summed E-state index contributed by atoms with van der Waals surface area (Å²) in [4.78, 5) is 29.7. The summed E-state index contributed by atoms with van der Waals surface area (Å²) in [5, 5.41) is 5.14. The maximum atomic E-state index is 13.8. The highest BCUT2D eigenvalue weighted by molar-refractivity contribution is 7.12. The van der Waals surface area contributed by atoms with Gasteiger partial charge >= 0.3 is 0 Å². The second kappa shape index (κ2) is 13.4. The highest BCUT2D eigenvalue weighted by Gasteiger charge is 2.35. The molecule has 3 rings (SSSR count). The molecule has 33 heavy (non-hydrogen) atoms. The monoisotopic (exact) mass is 472 g/mol. The summed E-state index contributed by atoms with van der Waals surface area (Å²) < 4.78 is 11.4. The van der Waals surface area contributed by atoms with Gasteiger partial charge in [0.2, 0.25) is 5.91 Å². The minimum absolute atomic E-state index is 0.142. The molecule has 2 aromatic rings. The fraction of sp³-hybridized carbons (Fsp3) is 0.538. The zero-order chi connectivity index (χ0) is 23.5. The van der Waals surface area contributed by atoms with Crippen molar-refractivity contribution < 1.29 is 19.1 Å². The summed E-state index contributed by atoms with van der Waals surface area (Å²) in [5.41, 5.74) is 0.717. The summed E-state index contributed by atoms with van der Waals surface area (Å²) in [6.45, 7) is 5.93. The lowest BCUT2D eigenvalue weighted by molar-refractivity contribution is -0.127. The fourth-order valence-corrected chi connectivity index (χ4v) is 5.02. The Kier molecular flexibility index (Phi) is 10.2. The zero-order valence-electron chi connectivity index (χ0n) is 19.8. The third-order valence-electron chi connectivity index (χ3n) is 5.91. The molecule has 0 saturated heterocycles. The number of rotatable bonds is 12. The molecule has 7 heteroatoms. The van der Waals surface area contributed by atoms with Crippen LogP contribution >= 0.6 is 11.3 Å². The van der Waals surface area contributed by atoms with E-state index < -0.39 is 6.04 Å². The first-order valence-corrected chi connectivity index (χ1v) is 13.0. The summed E-state index contributed by atoms with van der Waals surface area (Å²) in [6.07, 6.45) is 6.07. The molecule has 1 heterocycles. The number of ether oxygens (including phenoxy) is 2. The summed E-state index contributed by atoms with van der Waals surface area (Å²) in [5.74, 6) is 0.351. The van der Waals surface area contributed by atoms with Gasteiger partial charge < -0.3 is 19.7 Å². The Bertz CT molecular complexity index is 865. The SMILES string of the molecule is CCOCCCN(C(=O)c1cccs1)[C@H](C(=O)NC1CCCCC1)c1ccccc1OCC. The van der Waals surface area contributed by atoms with E-state index in [4.69, 9.17) is 9.47 Å². The van der Waals surface area contributed by atoms with Gasteiger partial charge in [0.25, 0.3) is 5.91 Å². The Morgan fingerprint density at radius 3 is 2.58 bits per heavy atom. The largest absolute Gasteiger partial charge is 0.494 e. The molecule has 1 atom stereocenters. The van der Waals surface area contributed by atoms with E-state index in [0.29, 0.717) is 49.0 Å². The number of hydrogen-bond donors (Lipinski definition) is 1. The molecule has 6 nitrogen and oxygen atoms in total. The molecule has 0 aliphatic heterocycles. The summed E-state index contributed by atoms with van der Waals surface area (Å²) in [7, 11) is 0. The quantitative estimate of drug-likeness (QED) is 0.431. The van der Waals surface area contributed by atoms with Crippen LogP contribution in [0, 0.1) is 0 Å². The third-order valence-corrected chi connectivity index (χ3v) is 6.77. The maximum absolute atomic E-state index is 13.8. The van der Waals surface area contributed by atoms with Crippen LogP contribution in [0.1, 0.15) is 73.6 Å². The Morgan fingerprint density at radius 1 is 1.09 bits per heavy atom. The van der Waals surface area contributed by atoms with Crippen molar-refractivity contribution in [1.82, 2.24) is 10.2 Å². The Morgan fingerprint density at radius 2 is 1.88 bits per heavy atom. The Hall–Kier alpha value is -2.38. The molecule has 1 aliphatic carbocycles. The van der Waals surface area contributed by atoms with Gasteiger partial charge in [-0.25, -0.2) is 0 Å². The van der Waals surface area contributed by atoms with Gasteiger partial charge in [0.15, 0.2) is 0 Å². The van der Waals surface area contributed by atoms with Crippen molar-refractivity contribution in [2.75, 3.05) is 26.4 Å². The molecule has 1 aliphatic rings. The van der Waals surface area contributed by atoms with Crippen molar-refractivity contribution in [2.45, 2.75) is 64.5 Å². The molecule has 2 amide bonds. The van der Waals surface area contributed by atoms with Crippen molar-refractivity contribution in [1.29, 1.82) is 0 Å². The normalized spacial score (nSPS) is 15.1. The highest BCUT2D eigenvalue weighted by Crippen LogP contribution is 2.32. The Balaban J connectivity index is 1.96. The van der Waals surface area contributed by atoms with Gasteiger partial charge in [-0.15, -0.1) is 11.3 Å². The van der Waals surface area contributed by atoms with Gasteiger partial charge in [-0.2, -0.15) is 0 Å². The minimum atomic E-state index is -0.772. The second-order valence-electron chi connectivity index (χ2n) is 8.24. The van der Waals surface area contributed by atoms with Gasteiger partial charge in [0.1, 0.15) is 11.8 Å². The number of benzene rings is 1. The van der Waals surface area contributed by atoms with E-state index in [0.717, 1.165) is 25.7 Å². The number of nitrogens with one attached hydrogen (secondary N) is 1. The molecule has 0 spiro atoms. The number of carbonyl (C=O) groups excluding carboxylic acids is 2. The minimum Gasteiger partial charge on any atom is -0.494 e. The van der Waals surface area contributed by atoms with Crippen LogP contribution in [0.25, 0.3) is 0 Å². The smallest absolute Gasteiger partial charge is 0.264 e. The van der Waals surface area contributed by atoms with Gasteiger partial charge in [0.05, 0.1) is 11.5 Å². The van der Waals surface area contributed by atoms with E-state index in [-0.39, 0.29) is 17.9 Å². The Labute approximate surface area is 201 Å². The van der Waals surface area contributed by atoms with E-state index in [1.807, 2.05) is 55.6 Å². The molecule has 1 aromatic carbocycles. The zero-order valence-corrected chi connectivity index (χ0v) is 20.6. The van der Waals surface area contributed by atoms with E-state index >= 15 is 0 Å². The topological polar surface area (TPSA) is 67.9 Å². The van der Waals surface area contributed by atoms with Gasteiger partial charge in [-0.3, -0.25) is 9.59 Å². The molecule has 180 valence electrons. The standard InChI is InChI=1S/C26H36N2O4S/c1-3-31-18-11-17-28(26(30)23-16-10-19-33-23)24(21-14-8-9-15-22(21)32-4-2)25(29)27-20-12-6-5-7-13-20/h8-10,14-16,19-20,24H,3-7,11-13,17-18H2,1-2H3,(H,27,29)/t24-/m0/s1. The molecule has 1 saturated carbocycles. The molecule has 1 fully saturated rings. The first-order chi connectivity index (χ1) is 16.2. The molecule has 0 radical (unpaired) electrons. The number of amides is 2. The summed E-state index contributed by atoms with van der Waals surface area (Å²) in [6, 6.07) is 10.6. The second-order valence-corrected chi connectivity index (χ2v) is 9.19. The maximum Gasteiger partial charge on any atom is 0.264 e. The third kappa shape index (κ3) is 7.05. The van der Waals surface area contributed by atoms with E-state index in [1.54, 1.807) is 4.90 Å². The number of thiophene rings is 1. The van der Waals surface area contributed by atoms with E-state index in [2.05, 4.69) is 5.32 Å². The van der Waals surface area contributed by atoms with Gasteiger partial charge in [-0.05, 0) is 50.6 Å². The predicted octanol–water partition coefficient (Wildman–Crippen LogP) is 5.21. The van der Waals surface area contributed by atoms with Crippen LogP contribution in [0.4, 0.5) is 0 Å². The van der Waals surface area contributed by atoms with Crippen LogP contribution in [0.5, 0.6) is 5.75 Å². The lowest BCUT2D eigenvalue weighted by Crippen LogP contribution is -2.47. The fourth-order valence-electron chi connectivity index (χ4n) is 4.34. The van der Waals surface area contributed by atoms with Gasteiger partial charge in [-0.1, -0.05) is 43.5 Å². The molecule has 0 bridgehead atoms. The van der Waals surface area contributed by atoms with Crippen LogP contribution in [-0.4, -0.2) is 49.1 Å². The molecular weight excluding hydrogens is 436 g/mol. The van der Waals surface area contributed by atoms with E-state index in [1.165, 1.54) is 17.8 Å². The highest BCUT2D eigenvalue weighted by atomic mass is 32.1. The van der Waals surface area contributed by atoms with E-state index in [9.17, 15) is 9.59 Å². The number of para-hydroxylation sites is 1. The molecular formula is C26H36N2O4S. The predicted molar refractivity (Wildman–Crippen MR) is 132 cm³/mol. The first-order valence-electron chi connectivity index (χ1n) is 12.1. The van der Waals surface area contributed by atoms with Crippen LogP contribution in [0.2, 0.25) is 0 Å². The first kappa shape index (κ1) is 25.2. The summed E-state index contributed by atoms with van der Waals surface area (Å²) >= 11 is 1.39. The lowest BCUT2D eigenvalue weighted by Gasteiger charge is -2.34. The van der Waals surface area contributed by atoms with Crippen molar-refractivity contribution in [3.8, 4) is 5.75 Å². The van der Waals surface area contributed by atoms with Crippen molar-refractivity contribution in [3.63, 3.8) is 0 Å². The van der Waals surface area contributed by atoms with Crippen molar-refractivity contribution in [3.05, 3.63) is 52.2 Å². The lowest BCUT2D eigenvalue weighted by atomic mass is 9.94. The average molecular weight is 473 g/mol. The molecule has 1 N–H and O–H groups in total. The number of hydrogen-bond acceptors (Lipinski definition) is 5. The van der Waals surface area contributed by atoms with Crippen molar-refractivity contribution >= 4 is 23.2 Å². The van der Waals surface area contributed by atoms with Crippen LogP contribution < -0.4 is 10.1 Å². The molecule has 0 unspecified atom stereocenters. The average Bonchev–Trinajstić information content (AvgIpc) is 3.37. The van der Waals surface area contributed by atoms with Crippen LogP contribution in [0.15, 0.2) is 41.8 Å². The van der Waals surface area contributed by atoms with Crippen molar-refractivity contribution in [2.24, 2.45) is 0 Å².